The summed E-state index contributed by atoms with van der Waals surface area (Å²) in [5.74, 6) is 0.554. The molecular formula is C22H15F3N2O. The Bertz CT molecular complexity index is 1140. The molecule has 4 aromatic rings. The van der Waals surface area contributed by atoms with Gasteiger partial charge in [-0.25, -0.2) is 0 Å². The van der Waals surface area contributed by atoms with Crippen LogP contribution >= 0.6 is 0 Å². The first kappa shape index (κ1) is 18.0. The van der Waals surface area contributed by atoms with Gasteiger partial charge in [0.25, 0.3) is 0 Å². The van der Waals surface area contributed by atoms with Crippen LogP contribution in [0.1, 0.15) is 11.1 Å². The highest BCUT2D eigenvalue weighted by Crippen LogP contribution is 2.36. The van der Waals surface area contributed by atoms with Crippen LogP contribution in [0, 0.1) is 6.92 Å². The first-order valence-corrected chi connectivity index (χ1v) is 8.60. The molecule has 3 aromatic carbocycles. The van der Waals surface area contributed by atoms with Crippen molar-refractivity contribution in [1.29, 1.82) is 0 Å². The highest BCUT2D eigenvalue weighted by Gasteiger charge is 2.30. The molecule has 6 heteroatoms. The van der Waals surface area contributed by atoms with Gasteiger partial charge in [-0.15, -0.1) is 10.2 Å². The maximum Gasteiger partial charge on any atom is 0.416 e. The van der Waals surface area contributed by atoms with Gasteiger partial charge < -0.3 is 4.74 Å². The smallest absolute Gasteiger partial charge is 0.416 e. The Morgan fingerprint density at radius 1 is 0.786 bits per heavy atom. The monoisotopic (exact) mass is 380 g/mol. The van der Waals surface area contributed by atoms with E-state index in [9.17, 15) is 13.2 Å². The number of aryl methyl sites for hydroxylation is 1. The predicted molar refractivity (Wildman–Crippen MR) is 101 cm³/mol. The number of rotatable bonds is 3. The number of hydrogen-bond acceptors (Lipinski definition) is 3. The Balaban J connectivity index is 1.77. The van der Waals surface area contributed by atoms with Gasteiger partial charge >= 0.3 is 6.18 Å². The highest BCUT2D eigenvalue weighted by atomic mass is 19.4. The molecule has 0 fully saturated rings. The molecule has 0 radical (unpaired) electrons. The number of aromatic nitrogens is 2. The topological polar surface area (TPSA) is 35.0 Å². The van der Waals surface area contributed by atoms with Crippen molar-refractivity contribution in [2.24, 2.45) is 0 Å². The molecule has 0 aliphatic carbocycles. The molecule has 3 nitrogen and oxygen atoms in total. The van der Waals surface area contributed by atoms with Crippen LogP contribution < -0.4 is 4.74 Å². The summed E-state index contributed by atoms with van der Waals surface area (Å²) < 4.78 is 44.5. The number of hydrogen-bond donors (Lipinski definition) is 0. The zero-order valence-corrected chi connectivity index (χ0v) is 14.9. The van der Waals surface area contributed by atoms with Crippen molar-refractivity contribution in [3.8, 4) is 22.9 Å². The normalized spacial score (nSPS) is 11.6. The van der Waals surface area contributed by atoms with Crippen molar-refractivity contribution in [1.82, 2.24) is 10.2 Å². The van der Waals surface area contributed by atoms with Crippen molar-refractivity contribution in [2.75, 3.05) is 0 Å². The second-order valence-corrected chi connectivity index (χ2v) is 6.35. The van der Waals surface area contributed by atoms with Gasteiger partial charge in [-0.2, -0.15) is 13.2 Å². The molecule has 28 heavy (non-hydrogen) atoms. The fourth-order valence-corrected chi connectivity index (χ4v) is 3.01. The summed E-state index contributed by atoms with van der Waals surface area (Å²) in [6.45, 7) is 1.57. The van der Waals surface area contributed by atoms with Gasteiger partial charge in [0.2, 0.25) is 5.88 Å². The van der Waals surface area contributed by atoms with Gasteiger partial charge in [-0.05, 0) is 36.8 Å². The third kappa shape index (κ3) is 3.41. The van der Waals surface area contributed by atoms with Crippen LogP contribution in [-0.2, 0) is 6.18 Å². The third-order valence-electron chi connectivity index (χ3n) is 4.41. The van der Waals surface area contributed by atoms with E-state index in [-0.39, 0.29) is 5.88 Å². The Kier molecular flexibility index (Phi) is 4.47. The van der Waals surface area contributed by atoms with Gasteiger partial charge in [-0.3, -0.25) is 0 Å². The number of nitrogens with zero attached hydrogens (tertiary/aromatic N) is 2. The van der Waals surface area contributed by atoms with Crippen molar-refractivity contribution < 1.29 is 17.9 Å². The zero-order chi connectivity index (χ0) is 19.7. The van der Waals surface area contributed by atoms with E-state index in [2.05, 4.69) is 10.2 Å². The lowest BCUT2D eigenvalue weighted by Gasteiger charge is -2.13. The van der Waals surface area contributed by atoms with E-state index in [1.165, 1.54) is 6.07 Å². The standard InChI is InChI=1S/C22H15F3N2O/c1-14-13-16(22(23,24)25)11-12-19(14)28-21-18-10-6-5-9-17(18)20(26-27-21)15-7-3-2-4-8-15/h2-13H,1H3. The second kappa shape index (κ2) is 6.96. The van der Waals surface area contributed by atoms with Crippen LogP contribution in [0.2, 0.25) is 0 Å². The van der Waals surface area contributed by atoms with Crippen LogP contribution in [0.5, 0.6) is 11.6 Å². The van der Waals surface area contributed by atoms with Crippen LogP contribution in [0.25, 0.3) is 22.0 Å². The van der Waals surface area contributed by atoms with E-state index in [0.29, 0.717) is 17.0 Å². The van der Waals surface area contributed by atoms with Crippen molar-refractivity contribution in [2.45, 2.75) is 13.1 Å². The van der Waals surface area contributed by atoms with Gasteiger partial charge in [-0.1, -0.05) is 48.5 Å². The molecule has 0 atom stereocenters. The first-order chi connectivity index (χ1) is 13.4. The maximum absolute atomic E-state index is 12.9. The fourth-order valence-electron chi connectivity index (χ4n) is 3.01. The third-order valence-corrected chi connectivity index (χ3v) is 4.41. The minimum absolute atomic E-state index is 0.248. The largest absolute Gasteiger partial charge is 0.437 e. The molecule has 4 rings (SSSR count). The summed E-state index contributed by atoms with van der Waals surface area (Å²) in [6.07, 6.45) is -4.40. The molecule has 0 aliphatic heterocycles. The van der Waals surface area contributed by atoms with Crippen molar-refractivity contribution in [3.05, 3.63) is 83.9 Å². The molecule has 0 amide bonds. The van der Waals surface area contributed by atoms with Gasteiger partial charge in [0, 0.05) is 16.3 Å². The summed E-state index contributed by atoms with van der Waals surface area (Å²) in [7, 11) is 0. The molecule has 0 unspecified atom stereocenters. The average Bonchev–Trinajstić information content (AvgIpc) is 2.69. The number of halogens is 3. The Hall–Kier alpha value is -3.41. The molecular weight excluding hydrogens is 365 g/mol. The zero-order valence-electron chi connectivity index (χ0n) is 14.9. The van der Waals surface area contributed by atoms with E-state index >= 15 is 0 Å². The van der Waals surface area contributed by atoms with E-state index < -0.39 is 11.7 Å². The molecule has 0 saturated heterocycles. The number of benzene rings is 3. The molecule has 140 valence electrons. The van der Waals surface area contributed by atoms with Crippen molar-refractivity contribution >= 4 is 10.8 Å². The predicted octanol–water partition coefficient (Wildman–Crippen LogP) is 6.42. The molecule has 0 aliphatic rings. The van der Waals surface area contributed by atoms with Gasteiger partial charge in [0.15, 0.2) is 0 Å². The minimum atomic E-state index is -4.40. The minimum Gasteiger partial charge on any atom is -0.437 e. The Morgan fingerprint density at radius 3 is 2.14 bits per heavy atom. The van der Waals surface area contributed by atoms with E-state index in [1.807, 2.05) is 54.6 Å². The quantitative estimate of drug-likeness (QED) is 0.412. The summed E-state index contributed by atoms with van der Waals surface area (Å²) in [5.41, 5.74) is 1.29. The molecule has 0 bridgehead atoms. The van der Waals surface area contributed by atoms with Crippen LogP contribution in [0.3, 0.4) is 0 Å². The Morgan fingerprint density at radius 2 is 1.46 bits per heavy atom. The fraction of sp³-hybridized carbons (Fsp3) is 0.0909. The van der Waals surface area contributed by atoms with E-state index in [0.717, 1.165) is 28.5 Å². The lowest BCUT2D eigenvalue weighted by molar-refractivity contribution is -0.137. The summed E-state index contributed by atoms with van der Waals surface area (Å²) >= 11 is 0. The van der Waals surface area contributed by atoms with Crippen LogP contribution in [-0.4, -0.2) is 10.2 Å². The number of alkyl halides is 3. The lowest BCUT2D eigenvalue weighted by atomic mass is 10.1. The van der Waals surface area contributed by atoms with Gasteiger partial charge in [0.1, 0.15) is 11.4 Å². The molecule has 1 heterocycles. The molecule has 0 N–H and O–H groups in total. The van der Waals surface area contributed by atoms with Crippen LogP contribution in [0.4, 0.5) is 13.2 Å². The lowest BCUT2D eigenvalue weighted by Crippen LogP contribution is -2.05. The summed E-state index contributed by atoms with van der Waals surface area (Å²) in [5, 5.41) is 10.1. The number of ether oxygens (including phenoxy) is 1. The Labute approximate surface area is 159 Å². The second-order valence-electron chi connectivity index (χ2n) is 6.35. The van der Waals surface area contributed by atoms with E-state index in [4.69, 9.17) is 4.74 Å². The average molecular weight is 380 g/mol. The number of fused-ring (bicyclic) bond motifs is 1. The maximum atomic E-state index is 12.9. The van der Waals surface area contributed by atoms with E-state index in [1.54, 1.807) is 6.92 Å². The van der Waals surface area contributed by atoms with Gasteiger partial charge in [0.05, 0.1) is 5.56 Å². The SMILES string of the molecule is Cc1cc(C(F)(F)F)ccc1Oc1nnc(-c2ccccc2)c2ccccc12. The van der Waals surface area contributed by atoms with Crippen LogP contribution in [0.15, 0.2) is 72.8 Å². The van der Waals surface area contributed by atoms with Crippen molar-refractivity contribution in [3.63, 3.8) is 0 Å². The first-order valence-electron chi connectivity index (χ1n) is 8.60. The molecule has 0 saturated carbocycles. The highest BCUT2D eigenvalue weighted by molar-refractivity contribution is 5.97. The summed E-state index contributed by atoms with van der Waals surface area (Å²) in [6, 6.07) is 20.5. The molecule has 1 aromatic heterocycles. The summed E-state index contributed by atoms with van der Waals surface area (Å²) in [4.78, 5) is 0. The molecule has 0 spiro atoms.